The van der Waals surface area contributed by atoms with Crippen molar-refractivity contribution < 1.29 is 9.59 Å². The number of amides is 2. The van der Waals surface area contributed by atoms with Crippen molar-refractivity contribution in [3.63, 3.8) is 0 Å². The molecule has 1 aromatic carbocycles. The van der Waals surface area contributed by atoms with Gasteiger partial charge in [-0.3, -0.25) is 9.59 Å². The maximum absolute atomic E-state index is 12.2. The van der Waals surface area contributed by atoms with Gasteiger partial charge in [0.1, 0.15) is 0 Å². The van der Waals surface area contributed by atoms with Gasteiger partial charge in [0.05, 0.1) is 16.1 Å². The summed E-state index contributed by atoms with van der Waals surface area (Å²) in [7, 11) is 0. The Bertz CT molecular complexity index is 681. The molecule has 2 N–H and O–H groups in total. The van der Waals surface area contributed by atoms with Crippen LogP contribution in [0.5, 0.6) is 0 Å². The quantitative estimate of drug-likeness (QED) is 0.905. The lowest BCUT2D eigenvalue weighted by Gasteiger charge is -2.11. The Morgan fingerprint density at radius 1 is 1.19 bits per heavy atom. The average Bonchev–Trinajstić information content (AvgIpc) is 3.08. The zero-order valence-electron chi connectivity index (χ0n) is 11.1. The van der Waals surface area contributed by atoms with Crippen LogP contribution in [0.4, 0.5) is 5.69 Å². The molecule has 1 aliphatic rings. The van der Waals surface area contributed by atoms with Crippen molar-refractivity contribution in [2.75, 3.05) is 5.32 Å². The first-order valence-corrected chi connectivity index (χ1v) is 7.84. The van der Waals surface area contributed by atoms with Gasteiger partial charge in [-0.1, -0.05) is 17.7 Å². The number of thiophene rings is 1. The molecule has 0 spiro atoms. The molecule has 21 heavy (non-hydrogen) atoms. The molecule has 4 nitrogen and oxygen atoms in total. The summed E-state index contributed by atoms with van der Waals surface area (Å²) in [6, 6.07) is 8.66. The fourth-order valence-corrected chi connectivity index (χ4v) is 2.69. The van der Waals surface area contributed by atoms with Crippen LogP contribution in [-0.2, 0) is 0 Å². The summed E-state index contributed by atoms with van der Waals surface area (Å²) >= 11 is 7.31. The minimum Gasteiger partial charge on any atom is -0.349 e. The van der Waals surface area contributed by atoms with E-state index in [9.17, 15) is 9.59 Å². The fourth-order valence-electron chi connectivity index (χ4n) is 1.90. The van der Waals surface area contributed by atoms with Gasteiger partial charge >= 0.3 is 0 Å². The summed E-state index contributed by atoms with van der Waals surface area (Å²) in [6.45, 7) is 0. The molecule has 1 aromatic heterocycles. The summed E-state index contributed by atoms with van der Waals surface area (Å²) in [6.07, 6.45) is 2.02. The molecule has 1 fully saturated rings. The van der Waals surface area contributed by atoms with Gasteiger partial charge in [-0.25, -0.2) is 0 Å². The number of hydrogen-bond donors (Lipinski definition) is 2. The maximum atomic E-state index is 12.2. The van der Waals surface area contributed by atoms with Gasteiger partial charge in [-0.15, -0.1) is 11.3 Å². The van der Waals surface area contributed by atoms with E-state index in [-0.39, 0.29) is 17.9 Å². The standard InChI is InChI=1S/C15H13ClN2O2S/c16-9-3-6-11(14(19)17-10-4-5-10)12(8-9)18-15(20)13-2-1-7-21-13/h1-3,6-8,10H,4-5H2,(H,17,19)(H,18,20). The molecule has 2 amide bonds. The normalized spacial score (nSPS) is 13.8. The number of carbonyl (C=O) groups excluding carboxylic acids is 2. The molecular weight excluding hydrogens is 308 g/mol. The second-order valence-electron chi connectivity index (χ2n) is 4.87. The topological polar surface area (TPSA) is 58.2 Å². The van der Waals surface area contributed by atoms with E-state index in [1.54, 1.807) is 30.3 Å². The molecule has 0 radical (unpaired) electrons. The monoisotopic (exact) mass is 320 g/mol. The molecule has 3 rings (SSSR count). The number of halogens is 1. The van der Waals surface area contributed by atoms with Gasteiger partial charge in [0.2, 0.25) is 0 Å². The number of hydrogen-bond acceptors (Lipinski definition) is 3. The van der Waals surface area contributed by atoms with Crippen molar-refractivity contribution in [1.82, 2.24) is 5.32 Å². The van der Waals surface area contributed by atoms with Crippen LogP contribution < -0.4 is 10.6 Å². The Morgan fingerprint density at radius 2 is 2.00 bits per heavy atom. The van der Waals surface area contributed by atoms with Crippen LogP contribution in [0.3, 0.4) is 0 Å². The van der Waals surface area contributed by atoms with E-state index in [0.29, 0.717) is 21.2 Å². The van der Waals surface area contributed by atoms with Crippen LogP contribution in [0, 0.1) is 0 Å². The highest BCUT2D eigenvalue weighted by atomic mass is 35.5. The third-order valence-corrected chi connectivity index (χ3v) is 4.24. The summed E-state index contributed by atoms with van der Waals surface area (Å²) in [4.78, 5) is 24.9. The SMILES string of the molecule is O=C(Nc1cc(Cl)ccc1C(=O)NC1CC1)c1cccs1. The van der Waals surface area contributed by atoms with Crippen LogP contribution in [0.1, 0.15) is 32.9 Å². The number of carbonyl (C=O) groups is 2. The van der Waals surface area contributed by atoms with E-state index < -0.39 is 0 Å². The van der Waals surface area contributed by atoms with Crippen LogP contribution in [0.2, 0.25) is 5.02 Å². The van der Waals surface area contributed by atoms with Gasteiger partial charge < -0.3 is 10.6 Å². The average molecular weight is 321 g/mol. The third-order valence-electron chi connectivity index (χ3n) is 3.13. The molecule has 108 valence electrons. The maximum Gasteiger partial charge on any atom is 0.265 e. The Labute approximate surface area is 131 Å². The van der Waals surface area contributed by atoms with Gasteiger partial charge in [0.15, 0.2) is 0 Å². The van der Waals surface area contributed by atoms with E-state index in [4.69, 9.17) is 11.6 Å². The molecule has 1 heterocycles. The predicted molar refractivity (Wildman–Crippen MR) is 84.2 cm³/mol. The highest BCUT2D eigenvalue weighted by Gasteiger charge is 2.25. The lowest BCUT2D eigenvalue weighted by molar-refractivity contribution is 0.0952. The van der Waals surface area contributed by atoms with Crippen molar-refractivity contribution >= 4 is 40.4 Å². The van der Waals surface area contributed by atoms with Crippen LogP contribution in [-0.4, -0.2) is 17.9 Å². The van der Waals surface area contributed by atoms with Gasteiger partial charge in [-0.2, -0.15) is 0 Å². The molecular formula is C15H13ClN2O2S. The highest BCUT2D eigenvalue weighted by molar-refractivity contribution is 7.12. The Hall–Kier alpha value is -1.85. The largest absolute Gasteiger partial charge is 0.349 e. The van der Waals surface area contributed by atoms with Crippen molar-refractivity contribution in [1.29, 1.82) is 0 Å². The molecule has 0 saturated heterocycles. The van der Waals surface area contributed by atoms with E-state index in [1.807, 2.05) is 5.38 Å². The molecule has 0 bridgehead atoms. The fraction of sp³-hybridized carbons (Fsp3) is 0.200. The van der Waals surface area contributed by atoms with Crippen LogP contribution >= 0.6 is 22.9 Å². The Balaban J connectivity index is 1.83. The first kappa shape index (κ1) is 14.1. The predicted octanol–water partition coefficient (Wildman–Crippen LogP) is 3.55. The lowest BCUT2D eigenvalue weighted by Crippen LogP contribution is -2.26. The number of nitrogens with one attached hydrogen (secondary N) is 2. The van der Waals surface area contributed by atoms with Crippen molar-refractivity contribution in [3.8, 4) is 0 Å². The minimum absolute atomic E-state index is 0.185. The molecule has 1 saturated carbocycles. The molecule has 0 unspecified atom stereocenters. The first-order valence-electron chi connectivity index (χ1n) is 6.59. The zero-order valence-corrected chi connectivity index (χ0v) is 12.6. The van der Waals surface area contributed by atoms with E-state index in [1.165, 1.54) is 11.3 Å². The van der Waals surface area contributed by atoms with Gasteiger partial charge in [0.25, 0.3) is 11.8 Å². The first-order chi connectivity index (χ1) is 10.1. The number of benzene rings is 1. The molecule has 1 aliphatic carbocycles. The second kappa shape index (κ2) is 5.87. The Kier molecular flexibility index (Phi) is 3.94. The van der Waals surface area contributed by atoms with Gasteiger partial charge in [0, 0.05) is 11.1 Å². The summed E-state index contributed by atoms with van der Waals surface area (Å²) in [5.41, 5.74) is 0.857. The summed E-state index contributed by atoms with van der Waals surface area (Å²) in [5.74, 6) is -0.427. The van der Waals surface area contributed by atoms with Crippen molar-refractivity contribution in [3.05, 3.63) is 51.2 Å². The molecule has 0 atom stereocenters. The smallest absolute Gasteiger partial charge is 0.265 e. The number of rotatable bonds is 4. The van der Waals surface area contributed by atoms with E-state index >= 15 is 0 Å². The van der Waals surface area contributed by atoms with Crippen molar-refractivity contribution in [2.24, 2.45) is 0 Å². The van der Waals surface area contributed by atoms with Crippen LogP contribution in [0.15, 0.2) is 35.7 Å². The third kappa shape index (κ3) is 3.43. The minimum atomic E-state index is -0.243. The van der Waals surface area contributed by atoms with Crippen molar-refractivity contribution in [2.45, 2.75) is 18.9 Å². The van der Waals surface area contributed by atoms with E-state index in [0.717, 1.165) is 12.8 Å². The summed E-state index contributed by atoms with van der Waals surface area (Å²) < 4.78 is 0. The molecule has 2 aromatic rings. The highest BCUT2D eigenvalue weighted by Crippen LogP contribution is 2.25. The van der Waals surface area contributed by atoms with E-state index in [2.05, 4.69) is 10.6 Å². The molecule has 0 aliphatic heterocycles. The lowest BCUT2D eigenvalue weighted by atomic mass is 10.1. The summed E-state index contributed by atoms with van der Waals surface area (Å²) in [5, 5.41) is 7.96. The number of anilines is 1. The zero-order chi connectivity index (χ0) is 14.8. The molecule has 6 heteroatoms. The second-order valence-corrected chi connectivity index (χ2v) is 6.25. The van der Waals surface area contributed by atoms with Gasteiger partial charge in [-0.05, 0) is 42.5 Å². The van der Waals surface area contributed by atoms with Crippen LogP contribution in [0.25, 0.3) is 0 Å². The Morgan fingerprint density at radius 3 is 2.67 bits per heavy atom.